The first-order valence-electron chi connectivity index (χ1n) is 12.8. The van der Waals surface area contributed by atoms with Crippen molar-refractivity contribution in [1.82, 2.24) is 29.3 Å². The molecule has 2 aromatic heterocycles. The molecule has 184 valence electrons. The van der Waals surface area contributed by atoms with Gasteiger partial charge >= 0.3 is 0 Å². The molecule has 36 heavy (non-hydrogen) atoms. The fourth-order valence-electron chi connectivity index (χ4n) is 5.23. The number of fused-ring (bicyclic) bond motifs is 2. The number of allylic oxidation sites excluding steroid dienone is 3. The first-order chi connectivity index (χ1) is 17.7. The summed E-state index contributed by atoms with van der Waals surface area (Å²) in [4.78, 5) is 23.3. The van der Waals surface area contributed by atoms with Gasteiger partial charge in [0.15, 0.2) is 0 Å². The molecule has 0 spiro atoms. The summed E-state index contributed by atoms with van der Waals surface area (Å²) in [5.74, 6) is 1.97. The van der Waals surface area contributed by atoms with Crippen LogP contribution in [-0.4, -0.2) is 67.4 Å². The van der Waals surface area contributed by atoms with E-state index in [1.165, 1.54) is 11.3 Å². The summed E-state index contributed by atoms with van der Waals surface area (Å²) in [5, 5.41) is 3.75. The highest BCUT2D eigenvalue weighted by molar-refractivity contribution is 5.96. The second kappa shape index (κ2) is 10.1. The summed E-state index contributed by atoms with van der Waals surface area (Å²) in [5.41, 5.74) is 5.67. The van der Waals surface area contributed by atoms with Crippen molar-refractivity contribution < 1.29 is 0 Å². The zero-order chi connectivity index (χ0) is 24.3. The number of nitrogens with one attached hydrogen (secondary N) is 1. The van der Waals surface area contributed by atoms with Gasteiger partial charge in [0.1, 0.15) is 5.84 Å². The third-order valence-electron chi connectivity index (χ3n) is 7.31. The van der Waals surface area contributed by atoms with E-state index in [0.717, 1.165) is 74.0 Å². The number of likely N-dealkylation sites (tertiary alicyclic amines) is 1. The molecule has 0 atom stereocenters. The van der Waals surface area contributed by atoms with E-state index in [-0.39, 0.29) is 0 Å². The van der Waals surface area contributed by atoms with Gasteiger partial charge in [0.05, 0.1) is 29.5 Å². The number of hydrogen-bond acceptors (Lipinski definition) is 7. The van der Waals surface area contributed by atoms with Gasteiger partial charge in [-0.2, -0.15) is 0 Å². The minimum atomic E-state index is 0.409. The Morgan fingerprint density at radius 1 is 1.08 bits per heavy atom. The number of aromatic nitrogens is 4. The topological polar surface area (TPSA) is 74.5 Å². The zero-order valence-corrected chi connectivity index (χ0v) is 20.7. The van der Waals surface area contributed by atoms with Crippen LogP contribution in [0.3, 0.4) is 0 Å². The maximum Gasteiger partial charge on any atom is 0.204 e. The first kappa shape index (κ1) is 22.7. The van der Waals surface area contributed by atoms with Gasteiger partial charge in [-0.1, -0.05) is 18.2 Å². The number of anilines is 1. The molecule has 0 radical (unpaired) electrons. The molecular weight excluding hydrogens is 448 g/mol. The monoisotopic (exact) mass is 480 g/mol. The van der Waals surface area contributed by atoms with Crippen molar-refractivity contribution in [3.05, 3.63) is 84.2 Å². The van der Waals surface area contributed by atoms with Gasteiger partial charge in [0, 0.05) is 56.5 Å². The standard InChI is InChI=1S/C28H32N8/c1-21-22(19-35-14-5-4-8-27(35)31-21)9-15-34-16-10-23(11-17-34)32-28-33-25-6-2-3-7-26(25)36(28)20-24-18-29-12-13-30-24/h2-8,12-14,18,23H,9-11,15-17,19-20H2,1H3,(H,32,33). The van der Waals surface area contributed by atoms with Crippen molar-refractivity contribution in [2.45, 2.75) is 38.8 Å². The lowest BCUT2D eigenvalue weighted by Crippen LogP contribution is -2.40. The van der Waals surface area contributed by atoms with E-state index in [0.29, 0.717) is 12.6 Å². The number of aliphatic imine (C=N–C) groups is 1. The van der Waals surface area contributed by atoms with Crippen LogP contribution in [0.15, 0.2) is 83.5 Å². The fourth-order valence-corrected chi connectivity index (χ4v) is 5.23. The normalized spacial score (nSPS) is 18.6. The van der Waals surface area contributed by atoms with Crippen LogP contribution in [0.4, 0.5) is 5.95 Å². The van der Waals surface area contributed by atoms with Gasteiger partial charge in [-0.05, 0) is 56.0 Å². The second-order valence-corrected chi connectivity index (χ2v) is 9.70. The largest absolute Gasteiger partial charge is 0.353 e. The number of rotatable bonds is 7. The van der Waals surface area contributed by atoms with E-state index in [9.17, 15) is 0 Å². The number of benzene rings is 1. The van der Waals surface area contributed by atoms with Gasteiger partial charge in [-0.25, -0.2) is 9.98 Å². The number of imidazole rings is 1. The third-order valence-corrected chi connectivity index (χ3v) is 7.31. The van der Waals surface area contributed by atoms with Crippen LogP contribution in [0, 0.1) is 0 Å². The molecule has 1 aromatic carbocycles. The van der Waals surface area contributed by atoms with Crippen LogP contribution in [0.2, 0.25) is 0 Å². The third kappa shape index (κ3) is 4.81. The number of piperidine rings is 1. The Morgan fingerprint density at radius 2 is 1.97 bits per heavy atom. The van der Waals surface area contributed by atoms with E-state index in [4.69, 9.17) is 9.98 Å². The number of amidine groups is 1. The summed E-state index contributed by atoms with van der Waals surface area (Å²) in [7, 11) is 0. The molecule has 0 amide bonds. The Morgan fingerprint density at radius 3 is 2.83 bits per heavy atom. The van der Waals surface area contributed by atoms with Crippen molar-refractivity contribution in [2.75, 3.05) is 31.5 Å². The number of hydrogen-bond donors (Lipinski definition) is 1. The smallest absolute Gasteiger partial charge is 0.204 e. The van der Waals surface area contributed by atoms with Gasteiger partial charge in [0.25, 0.3) is 0 Å². The highest BCUT2D eigenvalue weighted by atomic mass is 15.2. The number of para-hydroxylation sites is 2. The maximum absolute atomic E-state index is 4.92. The molecule has 1 saturated heterocycles. The molecule has 0 unspecified atom stereocenters. The minimum absolute atomic E-state index is 0.409. The van der Waals surface area contributed by atoms with Gasteiger partial charge in [-0.3, -0.25) is 9.97 Å². The molecule has 8 nitrogen and oxygen atoms in total. The highest BCUT2D eigenvalue weighted by Crippen LogP contribution is 2.25. The summed E-state index contributed by atoms with van der Waals surface area (Å²) < 4.78 is 2.23. The highest BCUT2D eigenvalue weighted by Gasteiger charge is 2.23. The Kier molecular flexibility index (Phi) is 6.34. The molecule has 3 aromatic rings. The van der Waals surface area contributed by atoms with Gasteiger partial charge in [0.2, 0.25) is 5.95 Å². The molecule has 3 aliphatic heterocycles. The first-order valence-corrected chi connectivity index (χ1v) is 12.8. The Balaban J connectivity index is 1.07. The van der Waals surface area contributed by atoms with E-state index in [1.807, 2.05) is 12.3 Å². The van der Waals surface area contributed by atoms with Crippen LogP contribution in [0.25, 0.3) is 11.0 Å². The van der Waals surface area contributed by atoms with Crippen molar-refractivity contribution in [2.24, 2.45) is 4.99 Å². The van der Waals surface area contributed by atoms with Crippen LogP contribution in [-0.2, 0) is 6.54 Å². The summed E-state index contributed by atoms with van der Waals surface area (Å²) in [6.45, 7) is 7.02. The Hall–Kier alpha value is -3.78. The van der Waals surface area contributed by atoms with Gasteiger partial charge in [-0.15, -0.1) is 0 Å². The SMILES string of the molecule is CC1=C(CCN2CCC(Nc3nc4ccccc4n3Cc3cnccn3)CC2)CN2C=CC=CC2=N1. The lowest BCUT2D eigenvalue weighted by Gasteiger charge is -2.34. The molecule has 0 aliphatic carbocycles. The van der Waals surface area contributed by atoms with Crippen molar-refractivity contribution in [3.8, 4) is 0 Å². The molecule has 1 N–H and O–H groups in total. The number of nitrogens with zero attached hydrogens (tertiary/aromatic N) is 7. The molecule has 1 fully saturated rings. The van der Waals surface area contributed by atoms with E-state index in [2.05, 4.69) is 79.2 Å². The minimum Gasteiger partial charge on any atom is -0.353 e. The van der Waals surface area contributed by atoms with E-state index < -0.39 is 0 Å². The van der Waals surface area contributed by atoms with Crippen molar-refractivity contribution >= 4 is 22.8 Å². The Bertz CT molecular complexity index is 1340. The summed E-state index contributed by atoms with van der Waals surface area (Å²) in [6, 6.07) is 8.70. The maximum atomic E-state index is 4.92. The molecule has 0 saturated carbocycles. The van der Waals surface area contributed by atoms with E-state index in [1.54, 1.807) is 12.4 Å². The molecule has 3 aliphatic rings. The van der Waals surface area contributed by atoms with Crippen LogP contribution >= 0.6 is 0 Å². The Labute approximate surface area is 211 Å². The zero-order valence-electron chi connectivity index (χ0n) is 20.7. The molecule has 0 bridgehead atoms. The van der Waals surface area contributed by atoms with Crippen LogP contribution in [0.5, 0.6) is 0 Å². The van der Waals surface area contributed by atoms with Gasteiger partial charge < -0.3 is 19.7 Å². The molecule has 8 heteroatoms. The lowest BCUT2D eigenvalue weighted by atomic mass is 10.0. The van der Waals surface area contributed by atoms with E-state index >= 15 is 0 Å². The predicted molar refractivity (Wildman–Crippen MR) is 144 cm³/mol. The fraction of sp³-hybridized carbons (Fsp3) is 0.357. The average molecular weight is 481 g/mol. The molecule has 6 rings (SSSR count). The van der Waals surface area contributed by atoms with Crippen LogP contribution < -0.4 is 5.32 Å². The van der Waals surface area contributed by atoms with Crippen molar-refractivity contribution in [3.63, 3.8) is 0 Å². The second-order valence-electron chi connectivity index (χ2n) is 9.70. The lowest BCUT2D eigenvalue weighted by molar-refractivity contribution is 0.220. The average Bonchev–Trinajstić information content (AvgIpc) is 3.25. The molecular formula is C28H32N8. The van der Waals surface area contributed by atoms with Crippen LogP contribution in [0.1, 0.15) is 31.9 Å². The molecule has 5 heterocycles. The van der Waals surface area contributed by atoms with Crippen molar-refractivity contribution in [1.29, 1.82) is 0 Å². The predicted octanol–water partition coefficient (Wildman–Crippen LogP) is 4.21. The quantitative estimate of drug-likeness (QED) is 0.546. The summed E-state index contributed by atoms with van der Waals surface area (Å²) >= 11 is 0. The summed E-state index contributed by atoms with van der Waals surface area (Å²) in [6.07, 6.45) is 16.9.